The van der Waals surface area contributed by atoms with E-state index in [0.29, 0.717) is 13.1 Å². The lowest BCUT2D eigenvalue weighted by molar-refractivity contribution is -0.383. The average Bonchev–Trinajstić information content (AvgIpc) is 2.46. The molecule has 0 aliphatic carbocycles. The minimum absolute atomic E-state index is 0.00728. The summed E-state index contributed by atoms with van der Waals surface area (Å²) < 4.78 is 0. The fraction of sp³-hybridized carbons (Fsp3) is 0.462. The van der Waals surface area contributed by atoms with E-state index in [4.69, 9.17) is 11.5 Å². The highest BCUT2D eigenvalue weighted by Crippen LogP contribution is 2.25. The molecular weight excluding hydrogens is 260 g/mol. The molecule has 1 unspecified atom stereocenters. The standard InChI is InChI=1S/C13H18N4O3/c14-8-10-3-1-2-6-16(10)13(18)9-4-5-11(15)12(7-9)17(19)20/h4-5,7,10H,1-3,6,8,14-15H2. The van der Waals surface area contributed by atoms with E-state index in [9.17, 15) is 14.9 Å². The van der Waals surface area contributed by atoms with E-state index in [1.54, 1.807) is 4.90 Å². The number of likely N-dealkylation sites (tertiary alicyclic amines) is 1. The molecule has 1 saturated heterocycles. The Morgan fingerprint density at radius 3 is 2.85 bits per heavy atom. The number of carbonyl (C=O) groups excluding carboxylic acids is 1. The number of rotatable bonds is 3. The van der Waals surface area contributed by atoms with Crippen LogP contribution in [0.15, 0.2) is 18.2 Å². The molecule has 1 aliphatic rings. The molecule has 108 valence electrons. The highest BCUT2D eigenvalue weighted by molar-refractivity contribution is 5.96. The number of hydrogen-bond acceptors (Lipinski definition) is 5. The maximum absolute atomic E-state index is 12.5. The summed E-state index contributed by atoms with van der Waals surface area (Å²) in [6, 6.07) is 4.16. The van der Waals surface area contributed by atoms with Crippen LogP contribution in [0.4, 0.5) is 11.4 Å². The molecule has 0 radical (unpaired) electrons. The van der Waals surface area contributed by atoms with Gasteiger partial charge in [-0.3, -0.25) is 14.9 Å². The van der Waals surface area contributed by atoms with Gasteiger partial charge in [-0.1, -0.05) is 0 Å². The lowest BCUT2D eigenvalue weighted by Gasteiger charge is -2.35. The molecule has 2 rings (SSSR count). The predicted molar refractivity (Wildman–Crippen MR) is 75.2 cm³/mol. The van der Waals surface area contributed by atoms with Crippen molar-refractivity contribution in [3.05, 3.63) is 33.9 Å². The quantitative estimate of drug-likeness (QED) is 0.488. The van der Waals surface area contributed by atoms with Gasteiger partial charge in [0.05, 0.1) is 4.92 Å². The van der Waals surface area contributed by atoms with E-state index in [0.717, 1.165) is 19.3 Å². The third-order valence-electron chi connectivity index (χ3n) is 3.63. The van der Waals surface area contributed by atoms with Gasteiger partial charge in [0.2, 0.25) is 0 Å². The summed E-state index contributed by atoms with van der Waals surface area (Å²) >= 11 is 0. The fourth-order valence-electron chi connectivity index (χ4n) is 2.51. The molecule has 1 fully saturated rings. The van der Waals surface area contributed by atoms with Gasteiger partial charge in [-0.05, 0) is 31.4 Å². The summed E-state index contributed by atoms with van der Waals surface area (Å²) in [5.41, 5.74) is 11.3. The van der Waals surface area contributed by atoms with Crippen molar-refractivity contribution in [2.45, 2.75) is 25.3 Å². The van der Waals surface area contributed by atoms with Crippen LogP contribution in [0.5, 0.6) is 0 Å². The van der Waals surface area contributed by atoms with Gasteiger partial charge in [0, 0.05) is 30.8 Å². The Labute approximate surface area is 116 Å². The number of piperidine rings is 1. The normalized spacial score (nSPS) is 18.9. The van der Waals surface area contributed by atoms with E-state index in [2.05, 4.69) is 0 Å². The first kappa shape index (κ1) is 14.3. The lowest BCUT2D eigenvalue weighted by atomic mass is 10.0. The van der Waals surface area contributed by atoms with Crippen LogP contribution in [0.25, 0.3) is 0 Å². The number of amides is 1. The molecule has 20 heavy (non-hydrogen) atoms. The molecule has 1 amide bonds. The third-order valence-corrected chi connectivity index (χ3v) is 3.63. The zero-order chi connectivity index (χ0) is 14.7. The third kappa shape index (κ3) is 2.72. The topological polar surface area (TPSA) is 115 Å². The highest BCUT2D eigenvalue weighted by Gasteiger charge is 2.27. The molecular formula is C13H18N4O3. The Bertz CT molecular complexity index is 532. The fourth-order valence-corrected chi connectivity index (χ4v) is 2.51. The van der Waals surface area contributed by atoms with Crippen LogP contribution in [0.2, 0.25) is 0 Å². The van der Waals surface area contributed by atoms with Gasteiger partial charge in [0.15, 0.2) is 0 Å². The Kier molecular flexibility index (Phi) is 4.19. The molecule has 4 N–H and O–H groups in total. The number of nitrogens with two attached hydrogens (primary N) is 2. The molecule has 1 aromatic carbocycles. The molecule has 1 aliphatic heterocycles. The molecule has 1 atom stereocenters. The van der Waals surface area contributed by atoms with E-state index in [-0.39, 0.29) is 28.9 Å². The average molecular weight is 278 g/mol. The first-order chi connectivity index (χ1) is 9.54. The summed E-state index contributed by atoms with van der Waals surface area (Å²) in [5, 5.41) is 10.9. The molecule has 0 spiro atoms. The van der Waals surface area contributed by atoms with E-state index >= 15 is 0 Å². The van der Waals surface area contributed by atoms with Crippen molar-refractivity contribution in [1.29, 1.82) is 0 Å². The number of carbonyl (C=O) groups is 1. The van der Waals surface area contributed by atoms with Crippen molar-refractivity contribution < 1.29 is 9.72 Å². The maximum atomic E-state index is 12.5. The minimum Gasteiger partial charge on any atom is -0.393 e. The van der Waals surface area contributed by atoms with Crippen LogP contribution in [0.1, 0.15) is 29.6 Å². The van der Waals surface area contributed by atoms with Gasteiger partial charge < -0.3 is 16.4 Å². The first-order valence-electron chi connectivity index (χ1n) is 6.59. The van der Waals surface area contributed by atoms with Gasteiger partial charge in [-0.2, -0.15) is 0 Å². The van der Waals surface area contributed by atoms with Crippen LogP contribution in [-0.2, 0) is 0 Å². The number of nitrogen functional groups attached to an aromatic ring is 1. The van der Waals surface area contributed by atoms with Gasteiger partial charge in [-0.15, -0.1) is 0 Å². The van der Waals surface area contributed by atoms with Gasteiger partial charge >= 0.3 is 0 Å². The smallest absolute Gasteiger partial charge is 0.292 e. The van der Waals surface area contributed by atoms with Crippen LogP contribution in [-0.4, -0.2) is 34.9 Å². The van der Waals surface area contributed by atoms with Crippen LogP contribution in [0.3, 0.4) is 0 Å². The number of hydrogen-bond donors (Lipinski definition) is 2. The largest absolute Gasteiger partial charge is 0.393 e. The van der Waals surface area contributed by atoms with Crippen molar-refractivity contribution >= 4 is 17.3 Å². The Hall–Kier alpha value is -2.15. The zero-order valence-electron chi connectivity index (χ0n) is 11.1. The minimum atomic E-state index is -0.581. The number of nitro benzene ring substituents is 1. The number of benzene rings is 1. The second-order valence-electron chi connectivity index (χ2n) is 4.91. The molecule has 1 heterocycles. The van der Waals surface area contributed by atoms with Crippen LogP contribution in [0, 0.1) is 10.1 Å². The Balaban J connectivity index is 2.28. The zero-order valence-corrected chi connectivity index (χ0v) is 11.1. The van der Waals surface area contributed by atoms with Crippen LogP contribution < -0.4 is 11.5 Å². The van der Waals surface area contributed by atoms with Gasteiger partial charge in [0.25, 0.3) is 11.6 Å². The van der Waals surface area contributed by atoms with Crippen molar-refractivity contribution in [3.8, 4) is 0 Å². The molecule has 7 nitrogen and oxygen atoms in total. The van der Waals surface area contributed by atoms with E-state index < -0.39 is 4.92 Å². The highest BCUT2D eigenvalue weighted by atomic mass is 16.6. The van der Waals surface area contributed by atoms with Gasteiger partial charge in [-0.25, -0.2) is 0 Å². The maximum Gasteiger partial charge on any atom is 0.292 e. The van der Waals surface area contributed by atoms with Crippen molar-refractivity contribution in [3.63, 3.8) is 0 Å². The Morgan fingerprint density at radius 1 is 1.45 bits per heavy atom. The van der Waals surface area contributed by atoms with Crippen molar-refractivity contribution in [1.82, 2.24) is 4.90 Å². The monoisotopic (exact) mass is 278 g/mol. The predicted octanol–water partition coefficient (Wildman–Crippen LogP) is 1.13. The molecule has 0 saturated carbocycles. The second kappa shape index (κ2) is 5.87. The molecule has 7 heteroatoms. The Morgan fingerprint density at radius 2 is 2.20 bits per heavy atom. The van der Waals surface area contributed by atoms with Crippen molar-refractivity contribution in [2.75, 3.05) is 18.8 Å². The summed E-state index contributed by atoms with van der Waals surface area (Å²) in [6.07, 6.45) is 2.85. The lowest BCUT2D eigenvalue weighted by Crippen LogP contribution is -2.47. The molecule has 0 aromatic heterocycles. The van der Waals surface area contributed by atoms with Crippen LogP contribution >= 0.6 is 0 Å². The summed E-state index contributed by atoms with van der Waals surface area (Å²) in [7, 11) is 0. The molecule has 1 aromatic rings. The summed E-state index contributed by atoms with van der Waals surface area (Å²) in [6.45, 7) is 1.04. The summed E-state index contributed by atoms with van der Waals surface area (Å²) in [5.74, 6) is -0.219. The number of nitrogens with zero attached hydrogens (tertiary/aromatic N) is 2. The van der Waals surface area contributed by atoms with Gasteiger partial charge in [0.1, 0.15) is 5.69 Å². The van der Waals surface area contributed by atoms with E-state index in [1.807, 2.05) is 0 Å². The number of nitro groups is 1. The second-order valence-corrected chi connectivity index (χ2v) is 4.91. The first-order valence-corrected chi connectivity index (χ1v) is 6.59. The number of anilines is 1. The summed E-state index contributed by atoms with van der Waals surface area (Å²) in [4.78, 5) is 24.5. The van der Waals surface area contributed by atoms with E-state index in [1.165, 1.54) is 18.2 Å². The van der Waals surface area contributed by atoms with Crippen molar-refractivity contribution in [2.24, 2.45) is 5.73 Å². The molecule has 0 bridgehead atoms. The SMILES string of the molecule is NCC1CCCCN1C(=O)c1ccc(N)c([N+](=O)[O-])c1.